The molecule has 10 heteroatoms. The number of benzene rings is 1. The number of aromatic nitrogens is 2. The standard InChI is InChI=1S/C19H15N3O5S2/c1-2-27-11-6-3-5-10(15(11)23)14-13(16(24)12-7-4-8-28-12)17(25)18(26)22(14)19-21-20-9-29-19/h3-9,14,23,25H,2H2,1H3. The van der Waals surface area contributed by atoms with Gasteiger partial charge in [-0.1, -0.05) is 29.5 Å². The maximum absolute atomic E-state index is 13.2. The number of Topliss-reactive ketones (excluding diaryl/α,β-unsaturated/α-hetero) is 1. The molecule has 3 heterocycles. The van der Waals surface area contributed by atoms with E-state index in [1.807, 2.05) is 0 Å². The maximum Gasteiger partial charge on any atom is 0.296 e. The first-order valence-corrected chi connectivity index (χ1v) is 10.4. The molecule has 2 aromatic heterocycles. The van der Waals surface area contributed by atoms with Crippen molar-refractivity contribution in [1.29, 1.82) is 0 Å². The van der Waals surface area contributed by atoms with Crippen LogP contribution < -0.4 is 9.64 Å². The molecule has 0 radical (unpaired) electrons. The van der Waals surface area contributed by atoms with Crippen LogP contribution in [0.15, 0.2) is 52.6 Å². The fourth-order valence-corrected chi connectivity index (χ4v) is 4.44. The minimum atomic E-state index is -1.08. The number of anilines is 1. The van der Waals surface area contributed by atoms with Crippen molar-refractivity contribution in [2.75, 3.05) is 11.5 Å². The number of ether oxygens (including phenoxy) is 1. The summed E-state index contributed by atoms with van der Waals surface area (Å²) in [6.07, 6.45) is 0. The number of nitrogens with zero attached hydrogens (tertiary/aromatic N) is 3. The topological polar surface area (TPSA) is 113 Å². The molecule has 3 aromatic rings. The van der Waals surface area contributed by atoms with Crippen molar-refractivity contribution >= 4 is 39.5 Å². The van der Waals surface area contributed by atoms with Gasteiger partial charge in [0, 0.05) is 5.56 Å². The molecule has 29 heavy (non-hydrogen) atoms. The largest absolute Gasteiger partial charge is 0.504 e. The number of aliphatic hydroxyl groups excluding tert-OH is 1. The molecule has 0 saturated heterocycles. The highest BCUT2D eigenvalue weighted by atomic mass is 32.1. The molecule has 148 valence electrons. The summed E-state index contributed by atoms with van der Waals surface area (Å²) >= 11 is 2.27. The zero-order valence-corrected chi connectivity index (χ0v) is 16.7. The first-order valence-electron chi connectivity index (χ1n) is 8.60. The molecule has 1 unspecified atom stereocenters. The van der Waals surface area contributed by atoms with Crippen LogP contribution in [0.2, 0.25) is 0 Å². The summed E-state index contributed by atoms with van der Waals surface area (Å²) < 4.78 is 5.44. The number of hydrogen-bond donors (Lipinski definition) is 2. The summed E-state index contributed by atoms with van der Waals surface area (Å²) in [6.45, 7) is 2.10. The third kappa shape index (κ3) is 3.15. The number of rotatable bonds is 6. The van der Waals surface area contributed by atoms with Crippen LogP contribution in [-0.4, -0.2) is 38.7 Å². The minimum absolute atomic E-state index is 0.128. The molecule has 1 amide bonds. The molecular weight excluding hydrogens is 414 g/mol. The van der Waals surface area contributed by atoms with E-state index in [4.69, 9.17) is 4.74 Å². The van der Waals surface area contributed by atoms with Crippen LogP contribution in [-0.2, 0) is 4.79 Å². The predicted molar refractivity (Wildman–Crippen MR) is 108 cm³/mol. The Bertz CT molecular complexity index is 1090. The van der Waals surface area contributed by atoms with E-state index < -0.39 is 23.5 Å². The summed E-state index contributed by atoms with van der Waals surface area (Å²) in [5.41, 5.74) is 1.55. The van der Waals surface area contributed by atoms with E-state index in [2.05, 4.69) is 10.2 Å². The smallest absolute Gasteiger partial charge is 0.296 e. The number of aromatic hydroxyl groups is 1. The Morgan fingerprint density at radius 2 is 2.07 bits per heavy atom. The van der Waals surface area contributed by atoms with Gasteiger partial charge < -0.3 is 14.9 Å². The molecule has 1 aliphatic rings. The van der Waals surface area contributed by atoms with Crippen LogP contribution in [0.3, 0.4) is 0 Å². The van der Waals surface area contributed by atoms with E-state index >= 15 is 0 Å². The van der Waals surface area contributed by atoms with Crippen molar-refractivity contribution in [2.45, 2.75) is 13.0 Å². The summed E-state index contributed by atoms with van der Waals surface area (Å²) in [4.78, 5) is 27.6. The van der Waals surface area contributed by atoms with E-state index in [0.29, 0.717) is 11.5 Å². The molecule has 2 N–H and O–H groups in total. The third-order valence-corrected chi connectivity index (χ3v) is 5.93. The fourth-order valence-electron chi connectivity index (χ4n) is 3.17. The van der Waals surface area contributed by atoms with Crippen LogP contribution in [0.4, 0.5) is 5.13 Å². The molecule has 1 aromatic carbocycles. The van der Waals surface area contributed by atoms with Gasteiger partial charge in [0.1, 0.15) is 11.6 Å². The van der Waals surface area contributed by atoms with Gasteiger partial charge in [-0.2, -0.15) is 0 Å². The van der Waals surface area contributed by atoms with Crippen LogP contribution in [0.5, 0.6) is 11.5 Å². The van der Waals surface area contributed by atoms with Crippen LogP contribution in [0.1, 0.15) is 28.2 Å². The lowest BCUT2D eigenvalue weighted by atomic mass is 9.94. The zero-order valence-electron chi connectivity index (χ0n) is 15.1. The van der Waals surface area contributed by atoms with Gasteiger partial charge in [0.2, 0.25) is 10.9 Å². The number of ketones is 1. The third-order valence-electron chi connectivity index (χ3n) is 4.38. The molecule has 4 rings (SSSR count). The Labute approximate surface area is 173 Å². The van der Waals surface area contributed by atoms with Crippen molar-refractivity contribution in [3.8, 4) is 11.5 Å². The molecule has 0 saturated carbocycles. The van der Waals surface area contributed by atoms with Crippen LogP contribution in [0.25, 0.3) is 0 Å². The van der Waals surface area contributed by atoms with Crippen molar-refractivity contribution < 1.29 is 24.5 Å². The van der Waals surface area contributed by atoms with Gasteiger partial charge in [-0.25, -0.2) is 0 Å². The van der Waals surface area contributed by atoms with Gasteiger partial charge in [-0.05, 0) is 24.4 Å². The lowest BCUT2D eigenvalue weighted by Crippen LogP contribution is -2.31. The van der Waals surface area contributed by atoms with Crippen molar-refractivity contribution in [2.24, 2.45) is 0 Å². The number of phenolic OH excluding ortho intramolecular Hbond substituents is 1. The number of thiophene rings is 1. The lowest BCUT2D eigenvalue weighted by Gasteiger charge is -2.25. The molecule has 0 bridgehead atoms. The molecule has 1 atom stereocenters. The second-order valence-corrected chi connectivity index (χ2v) is 7.75. The summed E-state index contributed by atoms with van der Waals surface area (Å²) in [5.74, 6) is -1.96. The fraction of sp³-hybridized carbons (Fsp3) is 0.158. The number of aliphatic hydroxyl groups is 1. The average molecular weight is 429 g/mol. The minimum Gasteiger partial charge on any atom is -0.504 e. The summed E-state index contributed by atoms with van der Waals surface area (Å²) in [5, 5.41) is 31.0. The van der Waals surface area contributed by atoms with Gasteiger partial charge in [-0.15, -0.1) is 21.5 Å². The zero-order chi connectivity index (χ0) is 20.5. The highest BCUT2D eigenvalue weighted by molar-refractivity contribution is 7.13. The quantitative estimate of drug-likeness (QED) is 0.577. The Balaban J connectivity index is 1.91. The lowest BCUT2D eigenvalue weighted by molar-refractivity contribution is -0.117. The van der Waals surface area contributed by atoms with Crippen LogP contribution >= 0.6 is 22.7 Å². The Morgan fingerprint density at radius 3 is 2.72 bits per heavy atom. The number of hydrogen-bond acceptors (Lipinski definition) is 9. The molecule has 0 fully saturated rings. The Hall–Kier alpha value is -3.24. The van der Waals surface area contributed by atoms with Crippen molar-refractivity contribution in [3.63, 3.8) is 0 Å². The average Bonchev–Trinajstić information content (AvgIpc) is 3.46. The number of carbonyl (C=O) groups is 2. The number of carbonyl (C=O) groups excluding carboxylic acids is 2. The molecule has 8 nitrogen and oxygen atoms in total. The van der Waals surface area contributed by atoms with Gasteiger partial charge in [0.05, 0.1) is 17.1 Å². The van der Waals surface area contributed by atoms with Gasteiger partial charge in [0.15, 0.2) is 17.3 Å². The van der Waals surface area contributed by atoms with E-state index in [-0.39, 0.29) is 27.8 Å². The maximum atomic E-state index is 13.2. The van der Waals surface area contributed by atoms with Crippen molar-refractivity contribution in [3.05, 3.63) is 63.0 Å². The van der Waals surface area contributed by atoms with Gasteiger partial charge >= 0.3 is 0 Å². The highest BCUT2D eigenvalue weighted by Crippen LogP contribution is 2.47. The molecular formula is C19H15N3O5S2. The predicted octanol–water partition coefficient (Wildman–Crippen LogP) is 3.49. The SMILES string of the molecule is CCOc1cccc(C2C(C(=O)c3cccs3)=C(O)C(=O)N2c2nncs2)c1O. The normalized spacial score (nSPS) is 16.5. The second kappa shape index (κ2) is 7.64. The van der Waals surface area contributed by atoms with E-state index in [0.717, 1.165) is 11.3 Å². The summed E-state index contributed by atoms with van der Waals surface area (Å²) in [6, 6.07) is 7.04. The van der Waals surface area contributed by atoms with Crippen LogP contribution in [0, 0.1) is 0 Å². The first kappa shape index (κ1) is 19.1. The second-order valence-electron chi connectivity index (χ2n) is 5.99. The van der Waals surface area contributed by atoms with Crippen molar-refractivity contribution in [1.82, 2.24) is 10.2 Å². The highest BCUT2D eigenvalue weighted by Gasteiger charge is 2.47. The van der Waals surface area contributed by atoms with E-state index in [1.54, 1.807) is 42.6 Å². The molecule has 0 spiro atoms. The first-order chi connectivity index (χ1) is 14.0. The Morgan fingerprint density at radius 1 is 1.24 bits per heavy atom. The number of para-hydroxylation sites is 1. The van der Waals surface area contributed by atoms with E-state index in [1.165, 1.54) is 21.7 Å². The monoisotopic (exact) mass is 429 g/mol. The summed E-state index contributed by atoms with van der Waals surface area (Å²) in [7, 11) is 0. The number of phenols is 1. The van der Waals surface area contributed by atoms with Gasteiger partial charge in [0.25, 0.3) is 5.91 Å². The Kier molecular flexibility index (Phi) is 5.03. The molecule has 1 aliphatic heterocycles. The van der Waals surface area contributed by atoms with E-state index in [9.17, 15) is 19.8 Å². The van der Waals surface area contributed by atoms with Gasteiger partial charge in [-0.3, -0.25) is 14.5 Å². The molecule has 0 aliphatic carbocycles. The number of amides is 1.